The van der Waals surface area contributed by atoms with Crippen molar-refractivity contribution in [2.75, 3.05) is 20.7 Å². The SMILES string of the molecule is CN(C)Cc1cccc(C(=O)NC2(CO)CCCC2)c1. The van der Waals surface area contributed by atoms with E-state index in [0.717, 1.165) is 37.8 Å². The molecule has 1 aromatic rings. The van der Waals surface area contributed by atoms with Crippen LogP contribution in [0.15, 0.2) is 24.3 Å². The Morgan fingerprint density at radius 1 is 1.35 bits per heavy atom. The van der Waals surface area contributed by atoms with E-state index in [9.17, 15) is 9.90 Å². The summed E-state index contributed by atoms with van der Waals surface area (Å²) in [4.78, 5) is 14.4. The summed E-state index contributed by atoms with van der Waals surface area (Å²) in [7, 11) is 4.01. The summed E-state index contributed by atoms with van der Waals surface area (Å²) in [6.07, 6.45) is 3.88. The van der Waals surface area contributed by atoms with Gasteiger partial charge in [-0.1, -0.05) is 25.0 Å². The maximum atomic E-state index is 12.4. The fourth-order valence-electron chi connectivity index (χ4n) is 2.86. The molecular formula is C16H24N2O2. The van der Waals surface area contributed by atoms with Gasteiger partial charge >= 0.3 is 0 Å². The Morgan fingerprint density at radius 3 is 2.65 bits per heavy atom. The molecule has 1 fully saturated rings. The number of benzene rings is 1. The monoisotopic (exact) mass is 276 g/mol. The highest BCUT2D eigenvalue weighted by Crippen LogP contribution is 2.29. The number of nitrogens with zero attached hydrogens (tertiary/aromatic N) is 1. The van der Waals surface area contributed by atoms with Gasteiger partial charge in [-0.3, -0.25) is 4.79 Å². The normalized spacial score (nSPS) is 17.4. The lowest BCUT2D eigenvalue weighted by Crippen LogP contribution is -2.49. The Labute approximate surface area is 120 Å². The van der Waals surface area contributed by atoms with E-state index >= 15 is 0 Å². The highest BCUT2D eigenvalue weighted by molar-refractivity contribution is 5.94. The molecule has 0 unspecified atom stereocenters. The van der Waals surface area contributed by atoms with Crippen molar-refractivity contribution < 1.29 is 9.90 Å². The molecule has 20 heavy (non-hydrogen) atoms. The van der Waals surface area contributed by atoms with E-state index in [2.05, 4.69) is 10.2 Å². The number of amides is 1. The van der Waals surface area contributed by atoms with Crippen LogP contribution in [0.4, 0.5) is 0 Å². The summed E-state index contributed by atoms with van der Waals surface area (Å²) in [6.45, 7) is 0.836. The molecule has 1 aliphatic carbocycles. The number of nitrogens with one attached hydrogen (secondary N) is 1. The molecule has 0 aliphatic heterocycles. The molecule has 1 aliphatic rings. The fraction of sp³-hybridized carbons (Fsp3) is 0.562. The Bertz CT molecular complexity index is 465. The van der Waals surface area contributed by atoms with Crippen LogP contribution in [0, 0.1) is 0 Å². The second kappa shape index (κ2) is 6.37. The summed E-state index contributed by atoms with van der Waals surface area (Å²) < 4.78 is 0. The van der Waals surface area contributed by atoms with Gasteiger partial charge in [-0.2, -0.15) is 0 Å². The van der Waals surface area contributed by atoms with Gasteiger partial charge in [-0.05, 0) is 44.6 Å². The second-order valence-electron chi connectivity index (χ2n) is 6.04. The minimum atomic E-state index is -0.408. The summed E-state index contributed by atoms with van der Waals surface area (Å²) in [5.74, 6) is -0.0819. The van der Waals surface area contributed by atoms with Crippen LogP contribution in [0.1, 0.15) is 41.6 Å². The van der Waals surface area contributed by atoms with Gasteiger partial charge in [0.15, 0.2) is 0 Å². The van der Waals surface area contributed by atoms with E-state index < -0.39 is 5.54 Å². The molecule has 0 heterocycles. The van der Waals surface area contributed by atoms with Crippen molar-refractivity contribution in [3.63, 3.8) is 0 Å². The molecule has 1 amide bonds. The van der Waals surface area contributed by atoms with Gasteiger partial charge in [0, 0.05) is 12.1 Å². The van der Waals surface area contributed by atoms with E-state index in [1.54, 1.807) is 0 Å². The smallest absolute Gasteiger partial charge is 0.251 e. The highest BCUT2D eigenvalue weighted by Gasteiger charge is 2.34. The molecule has 0 spiro atoms. The van der Waals surface area contributed by atoms with E-state index in [1.807, 2.05) is 38.4 Å². The first-order chi connectivity index (χ1) is 9.54. The van der Waals surface area contributed by atoms with Crippen LogP contribution >= 0.6 is 0 Å². The zero-order valence-electron chi connectivity index (χ0n) is 12.4. The summed E-state index contributed by atoms with van der Waals surface area (Å²) >= 11 is 0. The maximum Gasteiger partial charge on any atom is 0.251 e. The van der Waals surface area contributed by atoms with Crippen molar-refractivity contribution >= 4 is 5.91 Å². The van der Waals surface area contributed by atoms with Crippen molar-refractivity contribution in [2.45, 2.75) is 37.8 Å². The molecule has 0 atom stereocenters. The third-order valence-electron chi connectivity index (χ3n) is 3.93. The number of rotatable bonds is 5. The first kappa shape index (κ1) is 15.0. The molecule has 0 saturated heterocycles. The van der Waals surface area contributed by atoms with Crippen LogP contribution in [0.25, 0.3) is 0 Å². The fourth-order valence-corrected chi connectivity index (χ4v) is 2.86. The minimum Gasteiger partial charge on any atom is -0.394 e. The van der Waals surface area contributed by atoms with Crippen molar-refractivity contribution in [3.05, 3.63) is 35.4 Å². The Morgan fingerprint density at radius 2 is 2.05 bits per heavy atom. The van der Waals surface area contributed by atoms with Gasteiger partial charge in [0.2, 0.25) is 0 Å². The summed E-state index contributed by atoms with van der Waals surface area (Å²) in [6, 6.07) is 7.69. The van der Waals surface area contributed by atoms with Gasteiger partial charge in [0.25, 0.3) is 5.91 Å². The molecule has 2 rings (SSSR count). The molecule has 4 nitrogen and oxygen atoms in total. The lowest BCUT2D eigenvalue weighted by molar-refractivity contribution is 0.0838. The Hall–Kier alpha value is -1.39. The van der Waals surface area contributed by atoms with E-state index in [1.165, 1.54) is 0 Å². The average molecular weight is 276 g/mol. The molecule has 2 N–H and O–H groups in total. The van der Waals surface area contributed by atoms with Crippen molar-refractivity contribution in [1.82, 2.24) is 10.2 Å². The number of aliphatic hydroxyl groups excluding tert-OH is 1. The second-order valence-corrected chi connectivity index (χ2v) is 6.04. The van der Waals surface area contributed by atoms with Gasteiger partial charge in [0.1, 0.15) is 0 Å². The van der Waals surface area contributed by atoms with Crippen molar-refractivity contribution in [3.8, 4) is 0 Å². The topological polar surface area (TPSA) is 52.6 Å². The van der Waals surface area contributed by atoms with Gasteiger partial charge in [0.05, 0.1) is 12.1 Å². The zero-order valence-corrected chi connectivity index (χ0v) is 12.4. The summed E-state index contributed by atoms with van der Waals surface area (Å²) in [5.41, 5.74) is 1.38. The number of hydrogen-bond donors (Lipinski definition) is 2. The lowest BCUT2D eigenvalue weighted by atomic mass is 9.98. The van der Waals surface area contributed by atoms with Crippen LogP contribution in [0.2, 0.25) is 0 Å². The van der Waals surface area contributed by atoms with Crippen LogP contribution in [-0.4, -0.2) is 42.2 Å². The Balaban J connectivity index is 2.08. The molecular weight excluding hydrogens is 252 g/mol. The third kappa shape index (κ3) is 3.58. The van der Waals surface area contributed by atoms with Crippen LogP contribution in [-0.2, 0) is 6.54 Å². The molecule has 4 heteroatoms. The van der Waals surface area contributed by atoms with Crippen molar-refractivity contribution in [1.29, 1.82) is 0 Å². The molecule has 0 aromatic heterocycles. The number of carbonyl (C=O) groups excluding carboxylic acids is 1. The van der Waals surface area contributed by atoms with Gasteiger partial charge in [-0.25, -0.2) is 0 Å². The van der Waals surface area contributed by atoms with Gasteiger partial charge in [-0.15, -0.1) is 0 Å². The average Bonchev–Trinajstić information content (AvgIpc) is 2.87. The quantitative estimate of drug-likeness (QED) is 0.862. The first-order valence-electron chi connectivity index (χ1n) is 7.22. The van der Waals surface area contributed by atoms with E-state index in [-0.39, 0.29) is 12.5 Å². The Kier molecular flexibility index (Phi) is 4.78. The largest absolute Gasteiger partial charge is 0.394 e. The molecule has 1 aromatic carbocycles. The van der Waals surface area contributed by atoms with Gasteiger partial charge < -0.3 is 15.3 Å². The van der Waals surface area contributed by atoms with E-state index in [4.69, 9.17) is 0 Å². The van der Waals surface area contributed by atoms with E-state index in [0.29, 0.717) is 5.56 Å². The first-order valence-corrected chi connectivity index (χ1v) is 7.22. The van der Waals surface area contributed by atoms with Crippen LogP contribution in [0.5, 0.6) is 0 Å². The molecule has 110 valence electrons. The van der Waals surface area contributed by atoms with Crippen LogP contribution < -0.4 is 5.32 Å². The third-order valence-corrected chi connectivity index (χ3v) is 3.93. The number of aliphatic hydroxyl groups is 1. The predicted molar refractivity (Wildman–Crippen MR) is 79.6 cm³/mol. The number of hydrogen-bond acceptors (Lipinski definition) is 3. The predicted octanol–water partition coefficient (Wildman–Crippen LogP) is 1.78. The number of carbonyl (C=O) groups is 1. The summed E-state index contributed by atoms with van der Waals surface area (Å²) in [5, 5.41) is 12.6. The minimum absolute atomic E-state index is 0.0239. The highest BCUT2D eigenvalue weighted by atomic mass is 16.3. The van der Waals surface area contributed by atoms with Crippen molar-refractivity contribution in [2.24, 2.45) is 0 Å². The standard InChI is InChI=1S/C16H24N2O2/c1-18(2)11-13-6-5-7-14(10-13)15(20)17-16(12-19)8-3-4-9-16/h5-7,10,19H,3-4,8-9,11-12H2,1-2H3,(H,17,20). The molecule has 0 bridgehead atoms. The van der Waals surface area contributed by atoms with Crippen LogP contribution in [0.3, 0.4) is 0 Å². The molecule has 1 saturated carbocycles. The molecule has 0 radical (unpaired) electrons. The zero-order chi connectivity index (χ0) is 14.6. The maximum absolute atomic E-state index is 12.4. The lowest BCUT2D eigenvalue weighted by Gasteiger charge is -2.28.